The van der Waals surface area contributed by atoms with Crippen LogP contribution in [0.4, 0.5) is 0 Å². The first kappa shape index (κ1) is 28.6. The summed E-state index contributed by atoms with van der Waals surface area (Å²) in [5.41, 5.74) is 1.90. The van der Waals surface area contributed by atoms with Gasteiger partial charge in [-0.3, -0.25) is 4.79 Å². The van der Waals surface area contributed by atoms with Crippen molar-refractivity contribution in [3.63, 3.8) is 0 Å². The Kier molecular flexibility index (Phi) is 12.4. The number of piperidine rings is 2. The van der Waals surface area contributed by atoms with Crippen molar-refractivity contribution >= 4 is 5.97 Å². The first-order valence-electron chi connectivity index (χ1n) is 13.9. The molecule has 3 aromatic rings. The van der Waals surface area contributed by atoms with E-state index >= 15 is 0 Å². The zero-order valence-corrected chi connectivity index (χ0v) is 22.5. The monoisotopic (exact) mass is 506 g/mol. The molecule has 0 radical (unpaired) electrons. The number of oxazole rings is 1. The van der Waals surface area contributed by atoms with Gasteiger partial charge in [-0.05, 0) is 69.3 Å². The molecular weight excluding hydrogens is 462 g/mol. The van der Waals surface area contributed by atoms with Gasteiger partial charge in [-0.2, -0.15) is 0 Å². The van der Waals surface area contributed by atoms with Crippen LogP contribution in [0.5, 0.6) is 0 Å². The van der Waals surface area contributed by atoms with Crippen LogP contribution in [0.25, 0.3) is 11.5 Å². The second kappa shape index (κ2) is 16.0. The Bertz CT molecular complexity index is 999. The van der Waals surface area contributed by atoms with Gasteiger partial charge in [0, 0.05) is 5.56 Å². The van der Waals surface area contributed by atoms with Crippen LogP contribution in [0.2, 0.25) is 0 Å². The highest BCUT2D eigenvalue weighted by Crippen LogP contribution is 2.19. The molecule has 1 atom stereocenters. The van der Waals surface area contributed by atoms with Gasteiger partial charge in [0.1, 0.15) is 6.54 Å². The van der Waals surface area contributed by atoms with E-state index in [-0.39, 0.29) is 0 Å². The van der Waals surface area contributed by atoms with Crippen LogP contribution in [0, 0.1) is 5.92 Å². The van der Waals surface area contributed by atoms with Crippen LogP contribution >= 0.6 is 0 Å². The molecule has 0 amide bonds. The Hall–Kier alpha value is -2.96. The van der Waals surface area contributed by atoms with E-state index < -0.39 is 11.9 Å². The number of quaternary nitrogens is 1. The molecule has 3 heterocycles. The fourth-order valence-electron chi connectivity index (χ4n) is 4.71. The highest BCUT2D eigenvalue weighted by molar-refractivity contribution is 5.75. The number of rotatable bonds is 6. The van der Waals surface area contributed by atoms with Crippen molar-refractivity contribution in [2.45, 2.75) is 64.8 Å². The van der Waals surface area contributed by atoms with Crippen LogP contribution in [0.1, 0.15) is 69.6 Å². The Balaban J connectivity index is 0.000000186. The van der Waals surface area contributed by atoms with Gasteiger partial charge in [-0.25, -0.2) is 4.98 Å². The smallest absolute Gasteiger partial charge is 0.310 e. The van der Waals surface area contributed by atoms with E-state index in [0.29, 0.717) is 0 Å². The minimum Gasteiger partial charge on any atom is -0.481 e. The van der Waals surface area contributed by atoms with E-state index in [1.807, 2.05) is 66.9 Å². The van der Waals surface area contributed by atoms with Crippen molar-refractivity contribution in [1.82, 2.24) is 10.3 Å². The highest BCUT2D eigenvalue weighted by atomic mass is 16.4. The zero-order valence-electron chi connectivity index (χ0n) is 22.5. The van der Waals surface area contributed by atoms with Gasteiger partial charge in [0.2, 0.25) is 5.89 Å². The molecule has 1 aromatic heterocycles. The van der Waals surface area contributed by atoms with Crippen molar-refractivity contribution in [2.24, 2.45) is 5.92 Å². The third-order valence-electron chi connectivity index (χ3n) is 7.27. The summed E-state index contributed by atoms with van der Waals surface area (Å²) in [5.74, 6) is 1.50. The number of hydrogen-bond donors (Lipinski definition) is 3. The number of likely N-dealkylation sites (tertiary alicyclic amines) is 1. The third kappa shape index (κ3) is 10.1. The Labute approximate surface area is 222 Å². The lowest BCUT2D eigenvalue weighted by molar-refractivity contribution is -0.920. The summed E-state index contributed by atoms with van der Waals surface area (Å²) >= 11 is 0. The topological polar surface area (TPSA) is 79.8 Å². The van der Waals surface area contributed by atoms with Gasteiger partial charge in [0.05, 0.1) is 25.2 Å². The molecule has 2 fully saturated rings. The van der Waals surface area contributed by atoms with Gasteiger partial charge in [0.25, 0.3) is 0 Å². The summed E-state index contributed by atoms with van der Waals surface area (Å²) in [7, 11) is 0. The molecule has 6 heteroatoms. The molecule has 2 aromatic carbocycles. The molecule has 6 nitrogen and oxygen atoms in total. The molecular formula is C31H44N3O3+. The molecule has 2 aliphatic heterocycles. The van der Waals surface area contributed by atoms with E-state index in [1.165, 1.54) is 64.7 Å². The van der Waals surface area contributed by atoms with Crippen LogP contribution in [0.15, 0.2) is 71.3 Å². The van der Waals surface area contributed by atoms with Crippen molar-refractivity contribution < 1.29 is 19.2 Å². The maximum atomic E-state index is 10.5. The van der Waals surface area contributed by atoms with Crippen molar-refractivity contribution in [3.05, 3.63) is 78.2 Å². The molecule has 0 spiro atoms. The number of benzene rings is 2. The number of hydrogen-bond acceptors (Lipinski definition) is 4. The Morgan fingerprint density at radius 2 is 1.65 bits per heavy atom. The van der Waals surface area contributed by atoms with Crippen LogP contribution in [-0.4, -0.2) is 42.2 Å². The predicted octanol–water partition coefficient (Wildman–Crippen LogP) is 5.18. The molecule has 2 saturated heterocycles. The van der Waals surface area contributed by atoms with Crippen LogP contribution < -0.4 is 10.2 Å². The maximum absolute atomic E-state index is 10.5. The van der Waals surface area contributed by atoms with Crippen LogP contribution in [0.3, 0.4) is 0 Å². The molecule has 2 aliphatic rings. The van der Waals surface area contributed by atoms with Crippen molar-refractivity contribution in [2.75, 3.05) is 26.2 Å². The maximum Gasteiger partial charge on any atom is 0.310 e. The largest absolute Gasteiger partial charge is 0.481 e. The average Bonchev–Trinajstić information content (AvgIpc) is 3.44. The average molecular weight is 507 g/mol. The number of aromatic nitrogens is 1. The van der Waals surface area contributed by atoms with E-state index in [4.69, 9.17) is 9.52 Å². The Morgan fingerprint density at radius 3 is 2.16 bits per heavy atom. The standard InChI is InChI=1S/C17H22N2O.C9H10O2.C5H11N/c1-2-14-8-10-19(11-9-14)13-16-12-18-17(20-16)15-6-4-3-5-7-15;1-7(9(10)11)8-5-3-2-4-6-8;1-2-4-6-5-3-1/h3-7,12,14H,2,8-11,13H2,1H3;2-7H,1H3,(H,10,11);6H,1-5H2/p+1. The fourth-order valence-corrected chi connectivity index (χ4v) is 4.71. The molecule has 5 rings (SSSR count). The van der Waals surface area contributed by atoms with Gasteiger partial charge in [0.15, 0.2) is 5.76 Å². The van der Waals surface area contributed by atoms with E-state index in [2.05, 4.69) is 17.2 Å². The van der Waals surface area contributed by atoms with Crippen molar-refractivity contribution in [3.8, 4) is 11.5 Å². The molecule has 3 N–H and O–H groups in total. The highest BCUT2D eigenvalue weighted by Gasteiger charge is 2.22. The number of carboxylic acid groups (broad SMARTS) is 1. The molecule has 37 heavy (non-hydrogen) atoms. The summed E-state index contributed by atoms with van der Waals surface area (Å²) in [5, 5.41) is 11.9. The second-order valence-electron chi connectivity index (χ2n) is 10.1. The number of carboxylic acids is 1. The lowest BCUT2D eigenvalue weighted by Crippen LogP contribution is -3.11. The molecule has 200 valence electrons. The summed E-state index contributed by atoms with van der Waals surface area (Å²) in [4.78, 5) is 16.5. The summed E-state index contributed by atoms with van der Waals surface area (Å²) in [6, 6.07) is 19.3. The number of carbonyl (C=O) groups is 1. The van der Waals surface area contributed by atoms with Crippen molar-refractivity contribution in [1.29, 1.82) is 0 Å². The SMILES string of the molecule is C1CCNCC1.CC(C(=O)O)c1ccccc1.CCC1CC[NH+](Cc2cnc(-c3ccccc3)o2)CC1. The predicted molar refractivity (Wildman–Crippen MR) is 149 cm³/mol. The Morgan fingerprint density at radius 1 is 1.03 bits per heavy atom. The first-order chi connectivity index (χ1) is 18.1. The van der Waals surface area contributed by atoms with Gasteiger partial charge in [-0.15, -0.1) is 0 Å². The normalized spacial score (nSPS) is 19.9. The molecule has 0 saturated carbocycles. The summed E-state index contributed by atoms with van der Waals surface area (Å²) < 4.78 is 5.89. The minimum absolute atomic E-state index is 0.406. The lowest BCUT2D eigenvalue weighted by atomic mass is 9.94. The van der Waals surface area contributed by atoms with E-state index in [9.17, 15) is 4.79 Å². The number of nitrogens with zero attached hydrogens (tertiary/aromatic N) is 1. The zero-order chi connectivity index (χ0) is 26.3. The minimum atomic E-state index is -0.781. The van der Waals surface area contributed by atoms with Gasteiger partial charge in [-0.1, -0.05) is 68.3 Å². The third-order valence-corrected chi connectivity index (χ3v) is 7.27. The fraction of sp³-hybridized carbons (Fsp3) is 0.484. The first-order valence-corrected chi connectivity index (χ1v) is 13.9. The van der Waals surface area contributed by atoms with Gasteiger partial charge >= 0.3 is 5.97 Å². The molecule has 0 bridgehead atoms. The second-order valence-corrected chi connectivity index (χ2v) is 10.1. The molecule has 1 unspecified atom stereocenters. The quantitative estimate of drug-likeness (QED) is 0.429. The summed E-state index contributed by atoms with van der Waals surface area (Å²) in [6.45, 7) is 9.98. The summed E-state index contributed by atoms with van der Waals surface area (Å²) in [6.07, 6.45) is 10.1. The number of aliphatic carboxylic acids is 1. The van der Waals surface area contributed by atoms with E-state index in [1.54, 1.807) is 11.8 Å². The van der Waals surface area contributed by atoms with Gasteiger partial charge < -0.3 is 19.7 Å². The van der Waals surface area contributed by atoms with Crippen LogP contribution in [-0.2, 0) is 11.3 Å². The van der Waals surface area contributed by atoms with E-state index in [0.717, 1.165) is 35.2 Å². The number of nitrogens with one attached hydrogen (secondary N) is 2. The lowest BCUT2D eigenvalue weighted by Gasteiger charge is -2.27. The molecule has 0 aliphatic carbocycles.